The lowest BCUT2D eigenvalue weighted by molar-refractivity contribution is 0.00694. The Kier molecular flexibility index (Phi) is 8.26. The first kappa shape index (κ1) is 23.4. The third-order valence-electron chi connectivity index (χ3n) is 4.28. The SMILES string of the molecule is CC(C)(C)OC(=O)c1cccc(CN=C(N)N2CCN(c3nccs3)CC2)c1.I. The van der Waals surface area contributed by atoms with Crippen LogP contribution in [0.4, 0.5) is 5.13 Å². The molecule has 7 nitrogen and oxygen atoms in total. The van der Waals surface area contributed by atoms with Crippen LogP contribution < -0.4 is 10.6 Å². The van der Waals surface area contributed by atoms with E-state index in [0.717, 1.165) is 36.9 Å². The summed E-state index contributed by atoms with van der Waals surface area (Å²) in [6.45, 7) is 9.36. The first-order chi connectivity index (χ1) is 13.3. The Morgan fingerprint density at radius 3 is 2.62 bits per heavy atom. The second kappa shape index (κ2) is 10.2. The zero-order chi connectivity index (χ0) is 20.1. The number of ether oxygens (including phenoxy) is 1. The molecule has 2 aromatic rings. The van der Waals surface area contributed by atoms with Crippen LogP contribution in [0.25, 0.3) is 0 Å². The van der Waals surface area contributed by atoms with Crippen LogP contribution in [0.15, 0.2) is 40.8 Å². The smallest absolute Gasteiger partial charge is 0.338 e. The van der Waals surface area contributed by atoms with Crippen molar-refractivity contribution in [1.82, 2.24) is 9.88 Å². The normalized spacial score (nSPS) is 15.1. The van der Waals surface area contributed by atoms with Crippen molar-refractivity contribution in [3.05, 3.63) is 47.0 Å². The molecular formula is C20H28IN5O2S. The zero-order valence-corrected chi connectivity index (χ0v) is 20.1. The number of benzene rings is 1. The summed E-state index contributed by atoms with van der Waals surface area (Å²) < 4.78 is 5.42. The molecule has 0 spiro atoms. The Morgan fingerprint density at radius 1 is 1.28 bits per heavy atom. The average Bonchev–Trinajstić information content (AvgIpc) is 3.20. The number of carbonyl (C=O) groups is 1. The van der Waals surface area contributed by atoms with Gasteiger partial charge in [-0.2, -0.15) is 0 Å². The summed E-state index contributed by atoms with van der Waals surface area (Å²) in [5.41, 5.74) is 7.13. The fourth-order valence-corrected chi connectivity index (χ4v) is 3.60. The molecule has 1 aromatic carbocycles. The van der Waals surface area contributed by atoms with Gasteiger partial charge in [0, 0.05) is 37.8 Å². The third-order valence-corrected chi connectivity index (χ3v) is 5.11. The second-order valence-electron chi connectivity index (χ2n) is 7.67. The van der Waals surface area contributed by atoms with Crippen LogP contribution in [-0.4, -0.2) is 53.6 Å². The highest BCUT2D eigenvalue weighted by atomic mass is 127. The number of piperazine rings is 1. The van der Waals surface area contributed by atoms with Gasteiger partial charge in [-0.25, -0.2) is 14.8 Å². The number of aromatic nitrogens is 1. The molecule has 0 unspecified atom stereocenters. The van der Waals surface area contributed by atoms with E-state index in [1.165, 1.54) is 0 Å². The fraction of sp³-hybridized carbons (Fsp3) is 0.450. The summed E-state index contributed by atoms with van der Waals surface area (Å²) in [7, 11) is 0. The molecule has 2 N–H and O–H groups in total. The topological polar surface area (TPSA) is 84.0 Å². The lowest BCUT2D eigenvalue weighted by atomic mass is 10.1. The molecule has 1 aromatic heterocycles. The number of rotatable bonds is 4. The molecular weight excluding hydrogens is 501 g/mol. The highest BCUT2D eigenvalue weighted by molar-refractivity contribution is 14.0. The Bertz CT molecular complexity index is 828. The number of hydrogen-bond acceptors (Lipinski definition) is 6. The number of aliphatic imine (C=N–C) groups is 1. The third kappa shape index (κ3) is 6.84. The van der Waals surface area contributed by atoms with Crippen molar-refractivity contribution in [3.63, 3.8) is 0 Å². The van der Waals surface area contributed by atoms with E-state index >= 15 is 0 Å². The first-order valence-corrected chi connectivity index (χ1v) is 10.2. The lowest BCUT2D eigenvalue weighted by Crippen LogP contribution is -2.51. The van der Waals surface area contributed by atoms with Gasteiger partial charge in [0.2, 0.25) is 0 Å². The van der Waals surface area contributed by atoms with Gasteiger partial charge in [-0.15, -0.1) is 35.3 Å². The highest BCUT2D eigenvalue weighted by Crippen LogP contribution is 2.19. The Balaban J connectivity index is 0.00000300. The van der Waals surface area contributed by atoms with Gasteiger partial charge in [0.05, 0.1) is 12.1 Å². The molecule has 0 radical (unpaired) electrons. The maximum atomic E-state index is 12.2. The summed E-state index contributed by atoms with van der Waals surface area (Å²) in [6, 6.07) is 7.34. The van der Waals surface area contributed by atoms with Gasteiger partial charge in [-0.1, -0.05) is 12.1 Å². The average molecular weight is 529 g/mol. The van der Waals surface area contributed by atoms with E-state index < -0.39 is 5.60 Å². The van der Waals surface area contributed by atoms with E-state index in [1.807, 2.05) is 50.5 Å². The maximum Gasteiger partial charge on any atom is 0.338 e. The molecule has 1 aliphatic heterocycles. The summed E-state index contributed by atoms with van der Waals surface area (Å²) in [6.07, 6.45) is 1.83. The second-order valence-corrected chi connectivity index (χ2v) is 8.54. The van der Waals surface area contributed by atoms with Crippen LogP contribution in [0, 0.1) is 0 Å². The molecule has 2 heterocycles. The quantitative estimate of drug-likeness (QED) is 0.283. The number of carbonyl (C=O) groups excluding carboxylic acids is 1. The Hall–Kier alpha value is -1.88. The molecule has 0 aliphatic carbocycles. The lowest BCUT2D eigenvalue weighted by Gasteiger charge is -2.35. The number of hydrogen-bond donors (Lipinski definition) is 1. The molecule has 1 fully saturated rings. The van der Waals surface area contributed by atoms with Crippen LogP contribution in [0.1, 0.15) is 36.7 Å². The van der Waals surface area contributed by atoms with E-state index in [1.54, 1.807) is 17.4 Å². The van der Waals surface area contributed by atoms with E-state index in [-0.39, 0.29) is 29.9 Å². The van der Waals surface area contributed by atoms with Crippen molar-refractivity contribution in [2.24, 2.45) is 10.7 Å². The van der Waals surface area contributed by atoms with Gasteiger partial charge in [0.25, 0.3) is 0 Å². The number of anilines is 1. The molecule has 1 saturated heterocycles. The van der Waals surface area contributed by atoms with Crippen molar-refractivity contribution < 1.29 is 9.53 Å². The number of halogens is 1. The number of thiazole rings is 1. The maximum absolute atomic E-state index is 12.2. The molecule has 3 rings (SSSR count). The van der Waals surface area contributed by atoms with Gasteiger partial charge in [-0.3, -0.25) is 0 Å². The zero-order valence-electron chi connectivity index (χ0n) is 17.0. The van der Waals surface area contributed by atoms with Crippen molar-refractivity contribution in [2.45, 2.75) is 32.9 Å². The van der Waals surface area contributed by atoms with E-state index in [2.05, 4.69) is 19.8 Å². The standard InChI is InChI=1S/C20H27N5O2S.HI/c1-20(2,3)27-17(26)16-6-4-5-15(13-16)14-23-18(21)24-8-10-25(11-9-24)19-22-7-12-28-19;/h4-7,12-13H,8-11,14H2,1-3H3,(H2,21,23);1H. The summed E-state index contributed by atoms with van der Waals surface area (Å²) in [5.74, 6) is 0.200. The van der Waals surface area contributed by atoms with E-state index in [9.17, 15) is 4.79 Å². The summed E-state index contributed by atoms with van der Waals surface area (Å²) >= 11 is 1.65. The summed E-state index contributed by atoms with van der Waals surface area (Å²) in [4.78, 5) is 25.4. The number of nitrogens with zero attached hydrogens (tertiary/aromatic N) is 4. The first-order valence-electron chi connectivity index (χ1n) is 9.33. The van der Waals surface area contributed by atoms with Crippen molar-refractivity contribution >= 4 is 52.4 Å². The molecule has 158 valence electrons. The molecule has 29 heavy (non-hydrogen) atoms. The molecule has 0 amide bonds. The minimum absolute atomic E-state index is 0. The molecule has 1 aliphatic rings. The number of guanidine groups is 1. The van der Waals surface area contributed by atoms with E-state index in [4.69, 9.17) is 10.5 Å². The van der Waals surface area contributed by atoms with Crippen LogP contribution in [0.5, 0.6) is 0 Å². The van der Waals surface area contributed by atoms with Crippen molar-refractivity contribution in [1.29, 1.82) is 0 Å². The minimum atomic E-state index is -0.517. The predicted octanol–water partition coefficient (Wildman–Crippen LogP) is 3.35. The monoisotopic (exact) mass is 529 g/mol. The minimum Gasteiger partial charge on any atom is -0.456 e. The van der Waals surface area contributed by atoms with E-state index in [0.29, 0.717) is 18.1 Å². The number of esters is 1. The van der Waals surface area contributed by atoms with Crippen LogP contribution in [-0.2, 0) is 11.3 Å². The molecule has 0 bridgehead atoms. The van der Waals surface area contributed by atoms with Gasteiger partial charge in [0.15, 0.2) is 11.1 Å². The van der Waals surface area contributed by atoms with Crippen molar-refractivity contribution in [3.8, 4) is 0 Å². The molecule has 0 atom stereocenters. The molecule has 9 heteroatoms. The van der Waals surface area contributed by atoms with Crippen LogP contribution >= 0.6 is 35.3 Å². The van der Waals surface area contributed by atoms with Crippen molar-refractivity contribution in [2.75, 3.05) is 31.1 Å². The highest BCUT2D eigenvalue weighted by Gasteiger charge is 2.20. The Labute approximate surface area is 193 Å². The Morgan fingerprint density at radius 2 is 2.00 bits per heavy atom. The largest absolute Gasteiger partial charge is 0.456 e. The number of nitrogens with two attached hydrogens (primary N) is 1. The fourth-order valence-electron chi connectivity index (χ4n) is 2.90. The summed E-state index contributed by atoms with van der Waals surface area (Å²) in [5, 5.41) is 3.04. The molecule has 0 saturated carbocycles. The van der Waals surface area contributed by atoms with Gasteiger partial charge < -0.3 is 20.3 Å². The van der Waals surface area contributed by atoms with Gasteiger partial charge >= 0.3 is 5.97 Å². The van der Waals surface area contributed by atoms with Crippen LogP contribution in [0.2, 0.25) is 0 Å². The van der Waals surface area contributed by atoms with Crippen LogP contribution in [0.3, 0.4) is 0 Å². The predicted molar refractivity (Wildman–Crippen MR) is 128 cm³/mol. The van der Waals surface area contributed by atoms with Gasteiger partial charge in [-0.05, 0) is 38.5 Å². The van der Waals surface area contributed by atoms with Gasteiger partial charge in [0.1, 0.15) is 5.60 Å².